The summed E-state index contributed by atoms with van der Waals surface area (Å²) in [5.74, 6) is 0. The number of hydrogen-bond acceptors (Lipinski definition) is 0. The highest BCUT2D eigenvalue weighted by molar-refractivity contribution is 14.1. The molecule has 0 aliphatic heterocycles. The average molecular weight is 248 g/mol. The molecule has 0 unspecified atom stereocenters. The van der Waals surface area contributed by atoms with Gasteiger partial charge in [-0.1, -0.05) is 46.4 Å². The minimum absolute atomic E-state index is 1.30. The summed E-state index contributed by atoms with van der Waals surface area (Å²) in [7, 11) is 0. The summed E-state index contributed by atoms with van der Waals surface area (Å²) >= 11 is 2.24. The highest BCUT2D eigenvalue weighted by atomic mass is 127. The van der Waals surface area contributed by atoms with E-state index in [2.05, 4.69) is 52.7 Å². The zero-order valence-electron chi connectivity index (χ0n) is 6.69. The minimum Gasteiger partial charge on any atom is -0.0874 e. The topological polar surface area (TPSA) is 0 Å². The van der Waals surface area contributed by atoms with Gasteiger partial charge in [0.2, 0.25) is 0 Å². The van der Waals surface area contributed by atoms with Gasteiger partial charge in [-0.05, 0) is 30.4 Å². The molecule has 0 aromatic carbocycles. The summed E-state index contributed by atoms with van der Waals surface area (Å²) in [6.07, 6.45) is 6.31. The molecule has 1 heteroatoms. The van der Waals surface area contributed by atoms with Gasteiger partial charge in [0.25, 0.3) is 0 Å². The zero-order valence-corrected chi connectivity index (χ0v) is 8.84. The lowest BCUT2D eigenvalue weighted by Crippen LogP contribution is -1.69. The molecule has 0 fully saturated rings. The fourth-order valence-corrected chi connectivity index (χ4v) is 0.881. The lowest BCUT2D eigenvalue weighted by molar-refractivity contribution is 1.44. The normalized spacial score (nSPS) is 14.8. The van der Waals surface area contributed by atoms with Gasteiger partial charge in [0.15, 0.2) is 0 Å². The Hall–Kier alpha value is -0.0500. The summed E-state index contributed by atoms with van der Waals surface area (Å²) in [5, 5.41) is 0. The Bertz CT molecular complexity index is 173. The van der Waals surface area contributed by atoms with Crippen molar-refractivity contribution >= 4 is 22.6 Å². The third-order valence-corrected chi connectivity index (χ3v) is 2.04. The summed E-state index contributed by atoms with van der Waals surface area (Å²) in [6, 6.07) is 0. The Balaban J connectivity index is 4.16. The Labute approximate surface area is 76.9 Å². The molecule has 0 rings (SSSR count). The smallest absolute Gasteiger partial charge is 0.0204 e. The van der Waals surface area contributed by atoms with Crippen LogP contribution in [-0.4, -0.2) is 0 Å². The average Bonchev–Trinajstić information content (AvgIpc) is 1.88. The van der Waals surface area contributed by atoms with E-state index in [4.69, 9.17) is 0 Å². The van der Waals surface area contributed by atoms with E-state index >= 15 is 0 Å². The summed E-state index contributed by atoms with van der Waals surface area (Å²) in [4.78, 5) is 0. The van der Waals surface area contributed by atoms with Gasteiger partial charge < -0.3 is 0 Å². The molecule has 0 amide bonds. The van der Waals surface area contributed by atoms with E-state index in [1.807, 2.05) is 13.0 Å². The van der Waals surface area contributed by atoms with Gasteiger partial charge >= 0.3 is 0 Å². The van der Waals surface area contributed by atoms with Crippen LogP contribution in [0.4, 0.5) is 0 Å². The third kappa shape index (κ3) is 4.79. The molecule has 0 bridgehead atoms. The Morgan fingerprint density at radius 2 is 1.80 bits per heavy atom. The molecule has 0 atom stereocenters. The molecular weight excluding hydrogens is 235 g/mol. The van der Waals surface area contributed by atoms with Gasteiger partial charge in [-0.25, -0.2) is 0 Å². The first-order valence-electron chi connectivity index (χ1n) is 3.28. The van der Waals surface area contributed by atoms with Crippen LogP contribution in [0.5, 0.6) is 0 Å². The second-order valence-electron chi connectivity index (χ2n) is 2.24. The van der Waals surface area contributed by atoms with Gasteiger partial charge in [0.1, 0.15) is 0 Å². The molecule has 0 saturated carbocycles. The predicted octanol–water partition coefficient (Wildman–Crippen LogP) is 3.85. The SMILES string of the molecule is C\C=C/C(C)=C\C(C)=C\I. The van der Waals surface area contributed by atoms with Crippen molar-refractivity contribution in [3.8, 4) is 0 Å². The summed E-state index contributed by atoms with van der Waals surface area (Å²) < 4.78 is 2.07. The van der Waals surface area contributed by atoms with Gasteiger partial charge in [0, 0.05) is 0 Å². The van der Waals surface area contributed by atoms with E-state index in [1.54, 1.807) is 0 Å². The van der Waals surface area contributed by atoms with E-state index < -0.39 is 0 Å². The molecule has 0 aliphatic carbocycles. The van der Waals surface area contributed by atoms with Crippen LogP contribution in [-0.2, 0) is 0 Å². The van der Waals surface area contributed by atoms with E-state index in [9.17, 15) is 0 Å². The fraction of sp³-hybridized carbons (Fsp3) is 0.333. The molecule has 0 spiro atoms. The molecule has 0 heterocycles. The van der Waals surface area contributed by atoms with Crippen LogP contribution in [0.2, 0.25) is 0 Å². The van der Waals surface area contributed by atoms with Crippen molar-refractivity contribution in [3.63, 3.8) is 0 Å². The van der Waals surface area contributed by atoms with Crippen molar-refractivity contribution in [1.82, 2.24) is 0 Å². The monoisotopic (exact) mass is 248 g/mol. The largest absolute Gasteiger partial charge is 0.0874 e. The number of hydrogen-bond donors (Lipinski definition) is 0. The lowest BCUT2D eigenvalue weighted by atomic mass is 10.2. The van der Waals surface area contributed by atoms with Crippen molar-refractivity contribution in [2.75, 3.05) is 0 Å². The second kappa shape index (κ2) is 5.71. The number of rotatable bonds is 2. The Kier molecular flexibility index (Phi) is 5.69. The van der Waals surface area contributed by atoms with Gasteiger partial charge in [-0.15, -0.1) is 0 Å². The summed E-state index contributed by atoms with van der Waals surface area (Å²) in [6.45, 7) is 6.23. The second-order valence-corrected chi connectivity index (χ2v) is 2.86. The predicted molar refractivity (Wildman–Crippen MR) is 56.3 cm³/mol. The maximum absolute atomic E-state index is 2.24. The molecule has 0 aromatic rings. The first-order valence-corrected chi connectivity index (χ1v) is 4.53. The number of halogens is 1. The van der Waals surface area contributed by atoms with Crippen LogP contribution < -0.4 is 0 Å². The van der Waals surface area contributed by atoms with E-state index in [0.717, 1.165) is 0 Å². The van der Waals surface area contributed by atoms with Crippen molar-refractivity contribution < 1.29 is 0 Å². The molecular formula is C9H13I. The van der Waals surface area contributed by atoms with Crippen molar-refractivity contribution in [3.05, 3.63) is 33.5 Å². The highest BCUT2D eigenvalue weighted by Gasteiger charge is 1.81. The highest BCUT2D eigenvalue weighted by Crippen LogP contribution is 2.04. The minimum atomic E-state index is 1.30. The molecule has 10 heavy (non-hydrogen) atoms. The fourth-order valence-electron chi connectivity index (χ4n) is 0.702. The first kappa shape index (κ1) is 9.95. The van der Waals surface area contributed by atoms with Crippen molar-refractivity contribution in [2.24, 2.45) is 0 Å². The lowest BCUT2D eigenvalue weighted by Gasteiger charge is -1.90. The molecule has 0 radical (unpaired) electrons. The molecule has 56 valence electrons. The van der Waals surface area contributed by atoms with E-state index in [1.165, 1.54) is 11.1 Å². The van der Waals surface area contributed by atoms with Crippen LogP contribution in [0.1, 0.15) is 20.8 Å². The van der Waals surface area contributed by atoms with Gasteiger partial charge in [-0.3, -0.25) is 0 Å². The standard InChI is InChI=1S/C9H13I/c1-4-5-8(2)6-9(3)7-10/h4-7H,1-3H3/b5-4-,8-6-,9-7+. The van der Waals surface area contributed by atoms with Crippen LogP contribution in [0, 0.1) is 0 Å². The van der Waals surface area contributed by atoms with Gasteiger partial charge in [-0.2, -0.15) is 0 Å². The molecule has 0 aromatic heterocycles. The zero-order chi connectivity index (χ0) is 7.98. The van der Waals surface area contributed by atoms with Crippen LogP contribution in [0.25, 0.3) is 0 Å². The molecule has 0 N–H and O–H groups in total. The maximum atomic E-state index is 2.24. The molecule has 0 aliphatic rings. The van der Waals surface area contributed by atoms with E-state index in [-0.39, 0.29) is 0 Å². The van der Waals surface area contributed by atoms with Crippen LogP contribution in [0.15, 0.2) is 33.5 Å². The third-order valence-electron chi connectivity index (χ3n) is 1.06. The van der Waals surface area contributed by atoms with Crippen LogP contribution in [0.3, 0.4) is 0 Å². The Morgan fingerprint density at radius 1 is 1.20 bits per heavy atom. The maximum Gasteiger partial charge on any atom is -0.0204 e. The van der Waals surface area contributed by atoms with Gasteiger partial charge in [0.05, 0.1) is 0 Å². The van der Waals surface area contributed by atoms with Crippen molar-refractivity contribution in [2.45, 2.75) is 20.8 Å². The molecule has 0 saturated heterocycles. The molecule has 0 nitrogen and oxygen atoms in total. The first-order chi connectivity index (χ1) is 4.70. The Morgan fingerprint density at radius 3 is 2.20 bits per heavy atom. The summed E-state index contributed by atoms with van der Waals surface area (Å²) in [5.41, 5.74) is 2.60. The van der Waals surface area contributed by atoms with Crippen LogP contribution >= 0.6 is 22.6 Å². The number of allylic oxidation sites excluding steroid dienone is 5. The van der Waals surface area contributed by atoms with Crippen molar-refractivity contribution in [1.29, 1.82) is 0 Å². The van der Waals surface area contributed by atoms with E-state index in [0.29, 0.717) is 0 Å². The quantitative estimate of drug-likeness (QED) is 0.514.